The number of benzene rings is 2. The molecule has 6 nitrogen and oxygen atoms in total. The quantitative estimate of drug-likeness (QED) is 0.339. The summed E-state index contributed by atoms with van der Waals surface area (Å²) in [4.78, 5) is 39.3. The summed E-state index contributed by atoms with van der Waals surface area (Å²) in [5.41, 5.74) is 2.85. The third-order valence-electron chi connectivity index (χ3n) is 5.08. The van der Waals surface area contributed by atoms with Crippen LogP contribution >= 0.6 is 51.5 Å². The highest BCUT2D eigenvalue weighted by Gasteiger charge is 2.42. The Labute approximate surface area is 221 Å². The number of amides is 2. The van der Waals surface area contributed by atoms with E-state index in [2.05, 4.69) is 22.9 Å². The second-order valence-electron chi connectivity index (χ2n) is 7.55. The fourth-order valence-corrected chi connectivity index (χ4v) is 5.43. The minimum Gasteiger partial charge on any atom is -0.481 e. The van der Waals surface area contributed by atoms with E-state index in [1.54, 1.807) is 11.0 Å². The zero-order valence-corrected chi connectivity index (χ0v) is 22.5. The summed E-state index contributed by atoms with van der Waals surface area (Å²) in [5, 5.41) is 8.00. The number of carbonyl (C=O) groups excluding carboxylic acids is 2. The number of aliphatic carboxylic acids is 1. The molecule has 0 spiro atoms. The molecule has 0 atom stereocenters. The summed E-state index contributed by atoms with van der Waals surface area (Å²) in [6, 6.07) is 13.1. The Morgan fingerprint density at radius 2 is 1.82 bits per heavy atom. The minimum absolute atomic E-state index is 0.144. The highest BCUT2D eigenvalue weighted by atomic mass is 79.9. The van der Waals surface area contributed by atoms with E-state index in [9.17, 15) is 9.59 Å². The molecule has 0 saturated carbocycles. The van der Waals surface area contributed by atoms with Gasteiger partial charge in [-0.2, -0.15) is 0 Å². The molecule has 4 rings (SSSR count). The van der Waals surface area contributed by atoms with E-state index in [0.29, 0.717) is 26.4 Å². The Balaban J connectivity index is 0.000000751. The topological polar surface area (TPSA) is 77.9 Å². The van der Waals surface area contributed by atoms with Gasteiger partial charge in [0, 0.05) is 28.5 Å². The Morgan fingerprint density at radius 3 is 2.47 bits per heavy atom. The molecule has 0 unspecified atom stereocenters. The number of unbranched alkanes of at least 4 members (excludes halogenated alkanes) is 1. The van der Waals surface area contributed by atoms with Crippen LogP contribution in [0.15, 0.2) is 51.8 Å². The number of carboxylic acid groups (broad SMARTS) is 1. The largest absolute Gasteiger partial charge is 0.481 e. The highest BCUT2D eigenvalue weighted by Crippen LogP contribution is 2.45. The molecule has 2 aromatic rings. The second-order valence-corrected chi connectivity index (χ2v) is 10.5. The molecule has 1 N–H and O–H groups in total. The van der Waals surface area contributed by atoms with Gasteiger partial charge in [-0.15, -0.1) is 0 Å². The molecule has 2 aliphatic rings. The lowest BCUT2D eigenvalue weighted by Crippen LogP contribution is -2.29. The van der Waals surface area contributed by atoms with Crippen LogP contribution < -0.4 is 4.90 Å². The van der Waals surface area contributed by atoms with Crippen molar-refractivity contribution in [1.29, 1.82) is 0 Å². The standard InChI is InChI=1S/C22H18BrClN2O2S2.C2H4O2/c1-2-3-10-25-17-9-8-14(23)11-15(17)18(20(25)27)19-21(28)26(22(29)30-19)12-13-6-4-5-7-16(13)24;1-2(3)4/h4-9,11H,2-3,10,12H2,1H3;1H3,(H,3,4)/b19-18-;. The van der Waals surface area contributed by atoms with Crippen molar-refractivity contribution in [3.8, 4) is 0 Å². The predicted molar refractivity (Wildman–Crippen MR) is 144 cm³/mol. The van der Waals surface area contributed by atoms with Gasteiger partial charge in [0.25, 0.3) is 17.8 Å². The van der Waals surface area contributed by atoms with E-state index in [1.807, 2.05) is 36.4 Å². The number of hydrogen-bond donors (Lipinski definition) is 1. The summed E-state index contributed by atoms with van der Waals surface area (Å²) < 4.78 is 1.29. The third kappa shape index (κ3) is 5.71. The molecular formula is C24H22BrClN2O4S2. The first-order valence-corrected chi connectivity index (χ1v) is 12.9. The van der Waals surface area contributed by atoms with Crippen molar-refractivity contribution in [2.45, 2.75) is 33.2 Å². The van der Waals surface area contributed by atoms with Gasteiger partial charge in [0.2, 0.25) is 0 Å². The summed E-state index contributed by atoms with van der Waals surface area (Å²) in [5.74, 6) is -1.23. The third-order valence-corrected chi connectivity index (χ3v) is 7.39. The molecule has 0 aliphatic carbocycles. The Hall–Kier alpha value is -2.20. The van der Waals surface area contributed by atoms with Crippen molar-refractivity contribution in [2.75, 3.05) is 11.4 Å². The van der Waals surface area contributed by atoms with Crippen LogP contribution in [0.3, 0.4) is 0 Å². The van der Waals surface area contributed by atoms with E-state index in [0.717, 1.165) is 41.1 Å². The average molecular weight is 582 g/mol. The molecule has 2 amide bonds. The molecule has 0 radical (unpaired) electrons. The van der Waals surface area contributed by atoms with Crippen molar-refractivity contribution >= 4 is 84.9 Å². The Bertz CT molecular complexity index is 1200. The van der Waals surface area contributed by atoms with Crippen LogP contribution in [-0.4, -0.2) is 38.7 Å². The van der Waals surface area contributed by atoms with Crippen LogP contribution in [0.4, 0.5) is 5.69 Å². The fourth-order valence-electron chi connectivity index (χ4n) is 3.54. The maximum absolute atomic E-state index is 13.3. The predicted octanol–water partition coefficient (Wildman–Crippen LogP) is 6.11. The maximum atomic E-state index is 13.3. The molecular weight excluding hydrogens is 560 g/mol. The lowest BCUT2D eigenvalue weighted by atomic mass is 10.1. The molecule has 2 aliphatic heterocycles. The normalized spacial score (nSPS) is 17.1. The molecule has 10 heteroatoms. The molecule has 1 saturated heterocycles. The van der Waals surface area contributed by atoms with E-state index in [-0.39, 0.29) is 18.4 Å². The van der Waals surface area contributed by atoms with E-state index >= 15 is 0 Å². The number of carbonyl (C=O) groups is 3. The first-order chi connectivity index (χ1) is 16.1. The molecule has 0 bridgehead atoms. The summed E-state index contributed by atoms with van der Waals surface area (Å²) in [6.07, 6.45) is 1.87. The number of fused-ring (bicyclic) bond motifs is 1. The van der Waals surface area contributed by atoms with E-state index < -0.39 is 5.97 Å². The van der Waals surface area contributed by atoms with E-state index in [4.69, 9.17) is 33.7 Å². The zero-order chi connectivity index (χ0) is 25.0. The van der Waals surface area contributed by atoms with Gasteiger partial charge in [-0.25, -0.2) is 0 Å². The first-order valence-electron chi connectivity index (χ1n) is 10.5. The summed E-state index contributed by atoms with van der Waals surface area (Å²) in [6.45, 7) is 4.07. The molecule has 1 fully saturated rings. The summed E-state index contributed by atoms with van der Waals surface area (Å²) >= 11 is 16.4. The van der Waals surface area contributed by atoms with E-state index in [1.165, 1.54) is 16.7 Å². The van der Waals surface area contributed by atoms with Crippen LogP contribution in [0.2, 0.25) is 5.02 Å². The van der Waals surface area contributed by atoms with Crippen LogP contribution in [0.1, 0.15) is 37.8 Å². The van der Waals surface area contributed by atoms with Gasteiger partial charge < -0.3 is 10.0 Å². The lowest BCUT2D eigenvalue weighted by molar-refractivity contribution is -0.134. The fraction of sp³-hybridized carbons (Fsp3) is 0.250. The highest BCUT2D eigenvalue weighted by molar-refractivity contribution is 9.10. The number of anilines is 1. The average Bonchev–Trinajstić information content (AvgIpc) is 3.19. The number of carboxylic acids is 1. The smallest absolute Gasteiger partial charge is 0.300 e. The van der Waals surface area contributed by atoms with Crippen molar-refractivity contribution in [2.24, 2.45) is 0 Å². The summed E-state index contributed by atoms with van der Waals surface area (Å²) in [7, 11) is 0. The van der Waals surface area contributed by atoms with Crippen LogP contribution in [0.25, 0.3) is 5.57 Å². The minimum atomic E-state index is -0.833. The lowest BCUT2D eigenvalue weighted by Gasteiger charge is -2.16. The van der Waals surface area contributed by atoms with Gasteiger partial charge in [-0.3, -0.25) is 19.3 Å². The number of halogens is 2. The monoisotopic (exact) mass is 580 g/mol. The number of rotatable bonds is 5. The number of thiocarbonyl (C=S) groups is 1. The van der Waals surface area contributed by atoms with Gasteiger partial charge in [0.15, 0.2) is 0 Å². The van der Waals surface area contributed by atoms with Crippen molar-refractivity contribution in [3.63, 3.8) is 0 Å². The van der Waals surface area contributed by atoms with Crippen molar-refractivity contribution < 1.29 is 19.5 Å². The van der Waals surface area contributed by atoms with Crippen LogP contribution in [0, 0.1) is 0 Å². The van der Waals surface area contributed by atoms with Gasteiger partial charge in [-0.05, 0) is 36.2 Å². The number of nitrogens with zero attached hydrogens (tertiary/aromatic N) is 2. The van der Waals surface area contributed by atoms with Crippen molar-refractivity contribution in [3.05, 3.63) is 68.0 Å². The van der Waals surface area contributed by atoms with Crippen molar-refractivity contribution in [1.82, 2.24) is 4.90 Å². The van der Waals surface area contributed by atoms with Crippen LogP contribution in [-0.2, 0) is 20.9 Å². The molecule has 34 heavy (non-hydrogen) atoms. The van der Waals surface area contributed by atoms with Gasteiger partial charge >= 0.3 is 0 Å². The van der Waals surface area contributed by atoms with Gasteiger partial charge in [0.05, 0.1) is 22.7 Å². The Morgan fingerprint density at radius 1 is 1.15 bits per heavy atom. The first kappa shape index (κ1) is 26.4. The number of hydrogen-bond acceptors (Lipinski definition) is 5. The van der Waals surface area contributed by atoms with Gasteiger partial charge in [-0.1, -0.05) is 83.1 Å². The SMILES string of the molecule is CC(=O)O.CCCCN1C(=O)/C(=C2\SC(=S)N(Cc3ccccc3Cl)C2=O)c2cc(Br)ccc21. The molecule has 2 aromatic carbocycles. The number of thioether (sulfide) groups is 1. The molecule has 0 aromatic heterocycles. The maximum Gasteiger partial charge on any atom is 0.300 e. The zero-order valence-electron chi connectivity index (χ0n) is 18.5. The van der Waals surface area contributed by atoms with Gasteiger partial charge in [0.1, 0.15) is 4.32 Å². The Kier molecular flexibility index (Phi) is 8.92. The second kappa shape index (κ2) is 11.5. The molecule has 178 valence electrons. The van der Waals surface area contributed by atoms with Crippen LogP contribution in [0.5, 0.6) is 0 Å². The molecule has 2 heterocycles.